The molecule has 0 aliphatic carbocycles. The molecular formula is C8H13N5. The van der Waals surface area contributed by atoms with Crippen LogP contribution < -0.4 is 0 Å². The van der Waals surface area contributed by atoms with Gasteiger partial charge < -0.3 is 4.98 Å². The lowest BCUT2D eigenvalue weighted by Gasteiger charge is -2.00. The van der Waals surface area contributed by atoms with Crippen LogP contribution in [0.3, 0.4) is 0 Å². The summed E-state index contributed by atoms with van der Waals surface area (Å²) in [6.45, 7) is 5.69. The highest BCUT2D eigenvalue weighted by Crippen LogP contribution is 2.20. The van der Waals surface area contributed by atoms with E-state index in [1.54, 1.807) is 25.4 Å². The van der Waals surface area contributed by atoms with Gasteiger partial charge in [-0.3, -0.25) is 5.01 Å². The molecular weight excluding hydrogens is 166 g/mol. The minimum absolute atomic E-state index is 0.571. The monoisotopic (exact) mass is 179 g/mol. The largest absolute Gasteiger partial charge is 0.343 e. The first-order valence-corrected chi connectivity index (χ1v) is 3.89. The zero-order chi connectivity index (χ0) is 9.84. The van der Waals surface area contributed by atoms with Crippen LogP contribution in [0, 0.1) is 0 Å². The standard InChI is InChI=1S/C8H13N5/c1-6(2)7-8(10-5-9-7)11-12-13(3)4/h5H,1H2,2-4H3,(H,9,10)/b12-11+. The molecule has 0 bridgehead atoms. The predicted molar refractivity (Wildman–Crippen MR) is 51.5 cm³/mol. The molecule has 0 saturated carbocycles. The Morgan fingerprint density at radius 3 is 2.85 bits per heavy atom. The molecule has 0 fully saturated rings. The number of imidazole rings is 1. The molecule has 0 amide bonds. The number of rotatable bonds is 3. The normalized spacial score (nSPS) is 10.7. The Balaban J connectivity index is 2.88. The minimum atomic E-state index is 0.571. The van der Waals surface area contributed by atoms with Gasteiger partial charge in [0.1, 0.15) is 0 Å². The molecule has 0 aliphatic rings. The first-order chi connectivity index (χ1) is 6.11. The van der Waals surface area contributed by atoms with Crippen LogP contribution in [0.5, 0.6) is 0 Å². The summed E-state index contributed by atoms with van der Waals surface area (Å²) < 4.78 is 0. The predicted octanol–water partition coefficient (Wildman–Crippen LogP) is 2.00. The lowest BCUT2D eigenvalue weighted by molar-refractivity contribution is 0.408. The average Bonchev–Trinajstić information content (AvgIpc) is 2.47. The lowest BCUT2D eigenvalue weighted by Crippen LogP contribution is -1.99. The second-order valence-electron chi connectivity index (χ2n) is 2.92. The van der Waals surface area contributed by atoms with E-state index in [0.29, 0.717) is 5.82 Å². The summed E-state index contributed by atoms with van der Waals surface area (Å²) in [5.41, 5.74) is 1.72. The SMILES string of the molecule is C=C(C)c1[nH]cnc1/N=N/N(C)C. The Morgan fingerprint density at radius 2 is 2.31 bits per heavy atom. The van der Waals surface area contributed by atoms with Crippen molar-refractivity contribution in [3.8, 4) is 0 Å². The van der Waals surface area contributed by atoms with E-state index >= 15 is 0 Å². The van der Waals surface area contributed by atoms with Crippen LogP contribution in [0.15, 0.2) is 23.2 Å². The smallest absolute Gasteiger partial charge is 0.201 e. The molecule has 1 heterocycles. The number of nitrogens with one attached hydrogen (secondary N) is 1. The quantitative estimate of drug-likeness (QED) is 0.570. The Kier molecular flexibility index (Phi) is 2.79. The van der Waals surface area contributed by atoms with E-state index < -0.39 is 0 Å². The molecule has 0 saturated heterocycles. The summed E-state index contributed by atoms with van der Waals surface area (Å²) in [7, 11) is 3.60. The van der Waals surface area contributed by atoms with Gasteiger partial charge in [0.25, 0.3) is 0 Å². The molecule has 0 aliphatic heterocycles. The van der Waals surface area contributed by atoms with Crippen LogP contribution in [-0.4, -0.2) is 29.1 Å². The fourth-order valence-electron chi connectivity index (χ4n) is 0.809. The van der Waals surface area contributed by atoms with E-state index in [1.165, 1.54) is 0 Å². The maximum Gasteiger partial charge on any atom is 0.201 e. The fourth-order valence-corrected chi connectivity index (χ4v) is 0.809. The Hall–Kier alpha value is -1.65. The van der Waals surface area contributed by atoms with E-state index in [-0.39, 0.29) is 0 Å². The summed E-state index contributed by atoms with van der Waals surface area (Å²) in [5, 5.41) is 9.39. The van der Waals surface area contributed by atoms with E-state index in [0.717, 1.165) is 11.3 Å². The van der Waals surface area contributed by atoms with Crippen molar-refractivity contribution in [1.29, 1.82) is 0 Å². The van der Waals surface area contributed by atoms with Crippen LogP contribution in [0.25, 0.3) is 5.57 Å². The van der Waals surface area contributed by atoms with Gasteiger partial charge in [-0.15, -0.1) is 5.11 Å². The summed E-state index contributed by atoms with van der Waals surface area (Å²) in [6, 6.07) is 0. The average molecular weight is 179 g/mol. The third-order valence-corrected chi connectivity index (χ3v) is 1.36. The van der Waals surface area contributed by atoms with Crippen molar-refractivity contribution in [2.45, 2.75) is 6.92 Å². The summed E-state index contributed by atoms with van der Waals surface area (Å²) >= 11 is 0. The molecule has 0 atom stereocenters. The molecule has 0 unspecified atom stereocenters. The van der Waals surface area contributed by atoms with E-state index in [2.05, 4.69) is 26.9 Å². The second-order valence-corrected chi connectivity index (χ2v) is 2.92. The minimum Gasteiger partial charge on any atom is -0.343 e. The third-order valence-electron chi connectivity index (χ3n) is 1.36. The van der Waals surface area contributed by atoms with Gasteiger partial charge in [0, 0.05) is 14.1 Å². The maximum absolute atomic E-state index is 4.01. The highest BCUT2D eigenvalue weighted by atomic mass is 15.5. The van der Waals surface area contributed by atoms with Crippen LogP contribution in [0.4, 0.5) is 5.82 Å². The second kappa shape index (κ2) is 3.84. The first-order valence-electron chi connectivity index (χ1n) is 3.89. The number of nitrogens with zero attached hydrogens (tertiary/aromatic N) is 4. The van der Waals surface area contributed by atoms with Crippen molar-refractivity contribution in [2.75, 3.05) is 14.1 Å². The summed E-state index contributed by atoms with van der Waals surface area (Å²) in [4.78, 5) is 6.95. The molecule has 1 aromatic heterocycles. The van der Waals surface area contributed by atoms with Gasteiger partial charge in [0.15, 0.2) is 0 Å². The van der Waals surface area contributed by atoms with E-state index in [4.69, 9.17) is 0 Å². The number of aromatic nitrogens is 2. The third kappa shape index (κ3) is 2.40. The zero-order valence-corrected chi connectivity index (χ0v) is 8.07. The highest BCUT2D eigenvalue weighted by Gasteiger charge is 2.04. The summed E-state index contributed by atoms with van der Waals surface area (Å²) in [6.07, 6.45) is 1.58. The van der Waals surface area contributed by atoms with Gasteiger partial charge in [-0.2, -0.15) is 0 Å². The van der Waals surface area contributed by atoms with Gasteiger partial charge in [-0.1, -0.05) is 11.8 Å². The lowest BCUT2D eigenvalue weighted by atomic mass is 10.2. The number of H-pyrrole nitrogens is 1. The molecule has 0 radical (unpaired) electrons. The van der Waals surface area contributed by atoms with Gasteiger partial charge >= 0.3 is 0 Å². The number of hydrogen-bond donors (Lipinski definition) is 1. The Bertz CT molecular complexity index is 323. The van der Waals surface area contributed by atoms with Crippen molar-refractivity contribution >= 4 is 11.4 Å². The molecule has 1 rings (SSSR count). The fraction of sp³-hybridized carbons (Fsp3) is 0.375. The van der Waals surface area contributed by atoms with Crippen molar-refractivity contribution in [1.82, 2.24) is 15.0 Å². The van der Waals surface area contributed by atoms with Crippen LogP contribution in [0.2, 0.25) is 0 Å². The molecule has 0 aromatic carbocycles. The number of aromatic amines is 1. The summed E-state index contributed by atoms with van der Waals surface area (Å²) in [5.74, 6) is 0.571. The highest BCUT2D eigenvalue weighted by molar-refractivity contribution is 5.65. The Labute approximate surface area is 77.2 Å². The van der Waals surface area contributed by atoms with E-state index in [9.17, 15) is 0 Å². The molecule has 70 valence electrons. The molecule has 0 spiro atoms. The topological polar surface area (TPSA) is 56.6 Å². The van der Waals surface area contributed by atoms with Gasteiger partial charge in [0.05, 0.1) is 12.0 Å². The Morgan fingerprint density at radius 1 is 1.62 bits per heavy atom. The van der Waals surface area contributed by atoms with E-state index in [1.807, 2.05) is 6.92 Å². The number of hydrogen-bond acceptors (Lipinski definition) is 3. The molecule has 1 N–H and O–H groups in total. The van der Waals surface area contributed by atoms with Crippen molar-refractivity contribution in [3.05, 3.63) is 18.6 Å². The van der Waals surface area contributed by atoms with Gasteiger partial charge in [0.2, 0.25) is 5.82 Å². The number of allylic oxidation sites excluding steroid dienone is 1. The van der Waals surface area contributed by atoms with Crippen molar-refractivity contribution in [2.24, 2.45) is 10.3 Å². The van der Waals surface area contributed by atoms with Crippen LogP contribution >= 0.6 is 0 Å². The van der Waals surface area contributed by atoms with Crippen LogP contribution in [-0.2, 0) is 0 Å². The van der Waals surface area contributed by atoms with Gasteiger partial charge in [-0.05, 0) is 12.5 Å². The van der Waals surface area contributed by atoms with Gasteiger partial charge in [-0.25, -0.2) is 4.98 Å². The first kappa shape index (κ1) is 9.44. The molecule has 5 heteroatoms. The zero-order valence-electron chi connectivity index (χ0n) is 8.07. The van der Waals surface area contributed by atoms with Crippen molar-refractivity contribution in [3.63, 3.8) is 0 Å². The van der Waals surface area contributed by atoms with Crippen LogP contribution in [0.1, 0.15) is 12.6 Å². The molecule has 13 heavy (non-hydrogen) atoms. The molecule has 1 aromatic rings. The maximum atomic E-state index is 4.01. The molecule has 5 nitrogen and oxygen atoms in total. The van der Waals surface area contributed by atoms with Crippen molar-refractivity contribution < 1.29 is 0 Å².